The van der Waals surface area contributed by atoms with E-state index in [1.807, 2.05) is 36.6 Å². The summed E-state index contributed by atoms with van der Waals surface area (Å²) in [6.45, 7) is 1.74. The molecule has 4 heterocycles. The summed E-state index contributed by atoms with van der Waals surface area (Å²) in [4.78, 5) is 56.1. The van der Waals surface area contributed by atoms with E-state index in [-0.39, 0.29) is 29.1 Å². The number of anilines is 2. The van der Waals surface area contributed by atoms with E-state index < -0.39 is 17.1 Å². The number of hydrogen-bond acceptors (Lipinski definition) is 7. The number of thioether (sulfide) groups is 1. The zero-order valence-corrected chi connectivity index (χ0v) is 23.1. The standard InChI is InChI=1S/C27H20ClN3O4S3/c1-14-4-10-17(11-5-14)31-24(33)21-20(18-3-2-12-36-18)23-26(37-22(21)25(31)34)30(27(35)38-23)13-19(32)29-16-8-6-15(28)7-9-16/h2-12,20-22H,13H2,1H3,(H,29,32)/t20-,21?,22?/m0/s1. The van der Waals surface area contributed by atoms with Gasteiger partial charge in [0.15, 0.2) is 0 Å². The van der Waals surface area contributed by atoms with Crippen LogP contribution >= 0.6 is 46.0 Å². The maximum absolute atomic E-state index is 13.8. The second-order valence-electron chi connectivity index (χ2n) is 9.08. The van der Waals surface area contributed by atoms with Gasteiger partial charge in [-0.1, -0.05) is 58.5 Å². The normalized spacial score (nSPS) is 20.4. The maximum Gasteiger partial charge on any atom is 0.308 e. The molecule has 4 aromatic rings. The van der Waals surface area contributed by atoms with Crippen molar-refractivity contribution in [1.29, 1.82) is 0 Å². The summed E-state index contributed by atoms with van der Waals surface area (Å²) in [5, 5.41) is 5.12. The average molecular weight is 582 g/mol. The van der Waals surface area contributed by atoms with E-state index in [0.29, 0.717) is 21.4 Å². The fourth-order valence-electron chi connectivity index (χ4n) is 4.86. The third kappa shape index (κ3) is 4.31. The highest BCUT2D eigenvalue weighted by Crippen LogP contribution is 2.54. The van der Waals surface area contributed by atoms with Gasteiger partial charge in [-0.25, -0.2) is 4.90 Å². The summed E-state index contributed by atoms with van der Waals surface area (Å²) in [6, 6.07) is 17.8. The number of aromatic nitrogens is 1. The number of carbonyl (C=O) groups is 3. The second-order valence-corrected chi connectivity index (χ2v) is 12.6. The fraction of sp³-hybridized carbons (Fsp3) is 0.185. The van der Waals surface area contributed by atoms with Gasteiger partial charge in [-0.15, -0.1) is 11.3 Å². The molecule has 38 heavy (non-hydrogen) atoms. The van der Waals surface area contributed by atoms with Crippen LogP contribution in [0.3, 0.4) is 0 Å². The lowest BCUT2D eigenvalue weighted by Crippen LogP contribution is -2.32. The third-order valence-corrected chi connectivity index (χ3v) is 10.4. The van der Waals surface area contributed by atoms with Crippen LogP contribution in [0.15, 0.2) is 75.9 Å². The van der Waals surface area contributed by atoms with E-state index >= 15 is 0 Å². The van der Waals surface area contributed by atoms with E-state index in [1.54, 1.807) is 36.4 Å². The number of carbonyl (C=O) groups excluding carboxylic acids is 3. The minimum Gasteiger partial charge on any atom is -0.325 e. The molecule has 2 aliphatic rings. The summed E-state index contributed by atoms with van der Waals surface area (Å²) in [7, 11) is 0. The molecule has 11 heteroatoms. The summed E-state index contributed by atoms with van der Waals surface area (Å²) < 4.78 is 1.42. The van der Waals surface area contributed by atoms with Crippen molar-refractivity contribution in [3.05, 3.63) is 96.1 Å². The molecule has 2 aromatic heterocycles. The monoisotopic (exact) mass is 581 g/mol. The molecule has 2 aliphatic heterocycles. The first-order valence-corrected chi connectivity index (χ1v) is 14.7. The highest BCUT2D eigenvalue weighted by molar-refractivity contribution is 8.00. The van der Waals surface area contributed by atoms with Crippen molar-refractivity contribution in [1.82, 2.24) is 4.57 Å². The van der Waals surface area contributed by atoms with Crippen LogP contribution in [0.2, 0.25) is 5.02 Å². The van der Waals surface area contributed by atoms with Gasteiger partial charge in [0.25, 0.3) is 0 Å². The summed E-state index contributed by atoms with van der Waals surface area (Å²) in [5.41, 5.74) is 2.12. The molecule has 0 radical (unpaired) electrons. The highest BCUT2D eigenvalue weighted by Gasteiger charge is 2.57. The van der Waals surface area contributed by atoms with Gasteiger partial charge in [-0.3, -0.25) is 23.7 Å². The number of imide groups is 1. The lowest BCUT2D eigenvalue weighted by molar-refractivity contribution is -0.122. The van der Waals surface area contributed by atoms with Crippen LogP contribution in [0.25, 0.3) is 0 Å². The number of nitrogens with zero attached hydrogens (tertiary/aromatic N) is 2. The fourth-order valence-corrected chi connectivity index (χ4v) is 8.70. The number of halogens is 1. The van der Waals surface area contributed by atoms with Crippen molar-refractivity contribution in [3.63, 3.8) is 0 Å². The number of amides is 3. The lowest BCUT2D eigenvalue weighted by atomic mass is 9.87. The minimum absolute atomic E-state index is 0.210. The summed E-state index contributed by atoms with van der Waals surface area (Å²) >= 11 is 9.67. The van der Waals surface area contributed by atoms with Gasteiger partial charge in [0.2, 0.25) is 17.7 Å². The molecule has 1 N–H and O–H groups in total. The number of rotatable bonds is 5. The Kier molecular flexibility index (Phi) is 6.51. The second kappa shape index (κ2) is 9.85. The van der Waals surface area contributed by atoms with Gasteiger partial charge in [0.05, 0.1) is 16.6 Å². The quantitative estimate of drug-likeness (QED) is 0.320. The van der Waals surface area contributed by atoms with E-state index in [1.165, 1.54) is 32.6 Å². The Morgan fingerprint density at radius 2 is 1.74 bits per heavy atom. The van der Waals surface area contributed by atoms with Crippen LogP contribution in [0.4, 0.5) is 11.4 Å². The average Bonchev–Trinajstić information content (AvgIpc) is 3.59. The topological polar surface area (TPSA) is 88.5 Å². The van der Waals surface area contributed by atoms with Gasteiger partial charge in [-0.2, -0.15) is 0 Å². The van der Waals surface area contributed by atoms with Gasteiger partial charge < -0.3 is 5.32 Å². The minimum atomic E-state index is -0.706. The molecule has 192 valence electrons. The molecule has 0 spiro atoms. The van der Waals surface area contributed by atoms with Gasteiger partial charge >= 0.3 is 4.87 Å². The third-order valence-electron chi connectivity index (χ3n) is 6.62. The van der Waals surface area contributed by atoms with Gasteiger partial charge in [0, 0.05) is 26.4 Å². The van der Waals surface area contributed by atoms with Crippen molar-refractivity contribution in [2.75, 3.05) is 10.2 Å². The molecule has 3 amide bonds. The van der Waals surface area contributed by atoms with Crippen molar-refractivity contribution in [2.24, 2.45) is 5.92 Å². The van der Waals surface area contributed by atoms with Gasteiger partial charge in [0.1, 0.15) is 11.8 Å². The number of aryl methyl sites for hydroxylation is 1. The molecule has 7 nitrogen and oxygen atoms in total. The van der Waals surface area contributed by atoms with Crippen molar-refractivity contribution < 1.29 is 14.4 Å². The van der Waals surface area contributed by atoms with Crippen molar-refractivity contribution in [3.8, 4) is 0 Å². The Morgan fingerprint density at radius 1 is 1.00 bits per heavy atom. The van der Waals surface area contributed by atoms with E-state index in [9.17, 15) is 19.2 Å². The molecule has 2 unspecified atom stereocenters. The molecule has 0 saturated carbocycles. The molecule has 2 aromatic carbocycles. The summed E-state index contributed by atoms with van der Waals surface area (Å²) in [5.74, 6) is -2.04. The Balaban J connectivity index is 1.38. The van der Waals surface area contributed by atoms with Crippen molar-refractivity contribution >= 4 is 75.1 Å². The molecule has 0 bridgehead atoms. The largest absolute Gasteiger partial charge is 0.325 e. The maximum atomic E-state index is 13.8. The first-order chi connectivity index (χ1) is 18.3. The van der Waals surface area contributed by atoms with Crippen LogP contribution in [-0.4, -0.2) is 27.5 Å². The number of thiophene rings is 1. The van der Waals surface area contributed by atoms with E-state index in [2.05, 4.69) is 5.32 Å². The molecular weight excluding hydrogens is 562 g/mol. The number of benzene rings is 2. The van der Waals surface area contributed by atoms with E-state index in [0.717, 1.165) is 26.7 Å². The van der Waals surface area contributed by atoms with Crippen LogP contribution in [0, 0.1) is 12.8 Å². The molecule has 1 fully saturated rings. The van der Waals surface area contributed by atoms with Crippen LogP contribution in [0.1, 0.15) is 21.2 Å². The molecule has 1 saturated heterocycles. The first kappa shape index (κ1) is 25.1. The number of thiazole rings is 1. The smallest absolute Gasteiger partial charge is 0.308 e. The van der Waals surface area contributed by atoms with Crippen LogP contribution in [0.5, 0.6) is 0 Å². The molecule has 0 aliphatic carbocycles. The van der Waals surface area contributed by atoms with Crippen LogP contribution < -0.4 is 15.1 Å². The molecule has 3 atom stereocenters. The first-order valence-electron chi connectivity index (χ1n) is 11.8. The predicted octanol–water partition coefficient (Wildman–Crippen LogP) is 5.37. The Labute approximate surface area is 235 Å². The predicted molar refractivity (Wildman–Crippen MR) is 152 cm³/mol. The Hall–Kier alpha value is -3.18. The number of fused-ring (bicyclic) bond motifs is 2. The Morgan fingerprint density at radius 3 is 2.42 bits per heavy atom. The van der Waals surface area contributed by atoms with E-state index in [4.69, 9.17) is 11.6 Å². The molecule has 6 rings (SSSR count). The Bertz CT molecular complexity index is 1610. The number of nitrogens with one attached hydrogen (secondary N) is 1. The molecular formula is C27H20ClN3O4S3. The van der Waals surface area contributed by atoms with Crippen molar-refractivity contribution in [2.45, 2.75) is 29.7 Å². The zero-order valence-electron chi connectivity index (χ0n) is 19.9. The van der Waals surface area contributed by atoms with Gasteiger partial charge in [-0.05, 0) is 54.8 Å². The zero-order chi connectivity index (χ0) is 26.6. The lowest BCUT2D eigenvalue weighted by Gasteiger charge is -2.29. The summed E-state index contributed by atoms with van der Waals surface area (Å²) in [6.07, 6.45) is 0. The number of hydrogen-bond donors (Lipinski definition) is 1. The SMILES string of the molecule is Cc1ccc(N2C(=O)C3Sc4c(sc(=O)n4CC(=O)Nc4ccc(Cl)cc4)[C@@H](c4cccs4)C3C2=O)cc1. The highest BCUT2D eigenvalue weighted by atomic mass is 35.5. The van der Waals surface area contributed by atoms with Crippen LogP contribution in [-0.2, 0) is 20.9 Å².